The van der Waals surface area contributed by atoms with Crippen molar-refractivity contribution in [3.8, 4) is 0 Å². The summed E-state index contributed by atoms with van der Waals surface area (Å²) in [6.45, 7) is 2.47. The number of hydrogen-bond donors (Lipinski definition) is 1. The summed E-state index contributed by atoms with van der Waals surface area (Å²) in [5.41, 5.74) is 2.07. The van der Waals surface area contributed by atoms with Crippen LogP contribution in [0.3, 0.4) is 0 Å². The third-order valence-electron chi connectivity index (χ3n) is 5.06. The molecule has 0 unspecified atom stereocenters. The van der Waals surface area contributed by atoms with E-state index in [2.05, 4.69) is 15.1 Å². The number of nitrogens with one attached hydrogen (secondary N) is 1. The molecule has 0 spiro atoms. The maximum atomic E-state index is 12.8. The lowest BCUT2D eigenvalue weighted by Gasteiger charge is -2.26. The molecule has 1 aliphatic carbocycles. The van der Waals surface area contributed by atoms with Gasteiger partial charge in [0.15, 0.2) is 0 Å². The number of rotatable bonds is 3. The highest BCUT2D eigenvalue weighted by molar-refractivity contribution is 5.97. The van der Waals surface area contributed by atoms with Crippen LogP contribution in [0.5, 0.6) is 0 Å². The topological polar surface area (TPSA) is 88.8 Å². The number of fused-ring (bicyclic) bond motifs is 2. The van der Waals surface area contributed by atoms with Crippen LogP contribution in [0.25, 0.3) is 11.0 Å². The quantitative estimate of drug-likeness (QED) is 0.771. The number of imidazole rings is 1. The minimum Gasteiger partial charge on any atom is -0.329 e. The summed E-state index contributed by atoms with van der Waals surface area (Å²) in [4.78, 5) is 33.8. The van der Waals surface area contributed by atoms with Crippen molar-refractivity contribution in [1.29, 1.82) is 0 Å². The normalized spacial score (nSPS) is 17.0. The molecule has 1 fully saturated rings. The highest BCUT2D eigenvalue weighted by Crippen LogP contribution is 2.31. The first-order chi connectivity index (χ1) is 12.2. The van der Waals surface area contributed by atoms with E-state index in [9.17, 15) is 9.59 Å². The number of carbonyl (C=O) groups excluding carboxylic acids is 1. The van der Waals surface area contributed by atoms with Crippen molar-refractivity contribution in [2.75, 3.05) is 6.54 Å². The van der Waals surface area contributed by atoms with Gasteiger partial charge in [-0.2, -0.15) is 5.10 Å². The summed E-state index contributed by atoms with van der Waals surface area (Å²) >= 11 is 0. The molecule has 0 saturated heterocycles. The van der Waals surface area contributed by atoms with Crippen molar-refractivity contribution in [2.24, 2.45) is 5.92 Å². The van der Waals surface area contributed by atoms with E-state index in [0.717, 1.165) is 23.4 Å². The zero-order valence-corrected chi connectivity index (χ0v) is 13.7. The summed E-state index contributed by atoms with van der Waals surface area (Å²) in [7, 11) is 0. The molecule has 2 aliphatic rings. The number of hydrogen-bond acceptors (Lipinski definition) is 4. The van der Waals surface area contributed by atoms with Gasteiger partial charge in [-0.15, -0.1) is 0 Å². The molecule has 8 heteroatoms. The minimum atomic E-state index is -0.0995. The Labute approximate surface area is 143 Å². The van der Waals surface area contributed by atoms with Gasteiger partial charge in [0.2, 0.25) is 0 Å². The summed E-state index contributed by atoms with van der Waals surface area (Å²) in [6.07, 6.45) is 3.90. The molecule has 3 aromatic rings. The van der Waals surface area contributed by atoms with Crippen LogP contribution in [-0.2, 0) is 19.6 Å². The van der Waals surface area contributed by atoms with Gasteiger partial charge in [-0.25, -0.2) is 14.5 Å². The first-order valence-electron chi connectivity index (χ1n) is 8.57. The van der Waals surface area contributed by atoms with Crippen LogP contribution in [0.2, 0.25) is 0 Å². The Kier molecular flexibility index (Phi) is 3.06. The Morgan fingerprint density at radius 3 is 3.00 bits per heavy atom. The zero-order chi connectivity index (χ0) is 17.0. The molecule has 1 aromatic carbocycles. The molecule has 0 atom stereocenters. The second-order valence-corrected chi connectivity index (χ2v) is 6.84. The van der Waals surface area contributed by atoms with Gasteiger partial charge >= 0.3 is 5.69 Å². The number of aromatic nitrogens is 5. The van der Waals surface area contributed by atoms with Crippen molar-refractivity contribution in [3.05, 3.63) is 46.4 Å². The summed E-state index contributed by atoms with van der Waals surface area (Å²) < 4.78 is 3.60. The lowest BCUT2D eigenvalue weighted by molar-refractivity contribution is 0.0702. The van der Waals surface area contributed by atoms with E-state index in [1.165, 1.54) is 19.2 Å². The lowest BCUT2D eigenvalue weighted by atomic mass is 10.1. The molecule has 3 heterocycles. The van der Waals surface area contributed by atoms with E-state index in [4.69, 9.17) is 0 Å². The number of nitrogens with zero attached hydrogens (tertiary/aromatic N) is 5. The van der Waals surface area contributed by atoms with Crippen LogP contribution in [0.15, 0.2) is 29.3 Å². The van der Waals surface area contributed by atoms with Crippen LogP contribution >= 0.6 is 0 Å². The zero-order valence-electron chi connectivity index (χ0n) is 13.7. The van der Waals surface area contributed by atoms with Gasteiger partial charge in [0.25, 0.3) is 5.91 Å². The maximum absolute atomic E-state index is 12.8. The average molecular weight is 338 g/mol. The summed E-state index contributed by atoms with van der Waals surface area (Å²) in [5.74, 6) is 1.36. The van der Waals surface area contributed by atoms with Gasteiger partial charge < -0.3 is 9.88 Å². The van der Waals surface area contributed by atoms with Gasteiger partial charge in [0.05, 0.1) is 24.1 Å². The van der Waals surface area contributed by atoms with E-state index in [1.54, 1.807) is 21.6 Å². The summed E-state index contributed by atoms with van der Waals surface area (Å²) in [6, 6.07) is 5.46. The lowest BCUT2D eigenvalue weighted by Crippen LogP contribution is -2.38. The predicted octanol–water partition coefficient (Wildman–Crippen LogP) is 0.987. The van der Waals surface area contributed by atoms with Crippen molar-refractivity contribution in [3.63, 3.8) is 0 Å². The predicted molar refractivity (Wildman–Crippen MR) is 90.0 cm³/mol. The van der Waals surface area contributed by atoms with Crippen LogP contribution in [0.4, 0.5) is 0 Å². The molecule has 2 aromatic heterocycles. The van der Waals surface area contributed by atoms with Crippen LogP contribution in [0, 0.1) is 5.92 Å². The molecule has 5 rings (SSSR count). The number of benzene rings is 1. The third-order valence-corrected chi connectivity index (χ3v) is 5.06. The van der Waals surface area contributed by atoms with Crippen LogP contribution in [-0.4, -0.2) is 41.7 Å². The van der Waals surface area contributed by atoms with E-state index in [0.29, 0.717) is 31.1 Å². The van der Waals surface area contributed by atoms with E-state index in [-0.39, 0.29) is 11.6 Å². The molecule has 1 aliphatic heterocycles. The molecule has 0 bridgehead atoms. The largest absolute Gasteiger partial charge is 0.329 e. The Morgan fingerprint density at radius 1 is 1.28 bits per heavy atom. The second kappa shape index (κ2) is 5.30. The fraction of sp³-hybridized carbons (Fsp3) is 0.412. The standard InChI is InChI=1S/C17H18N6O2/c24-16(21-5-6-23-15(9-21)18-10-19-23)12-3-4-14-13(7-12)20-17(25)22(14)8-11-1-2-11/h3-4,7,10-11H,1-2,5-6,8-9H2,(H,20,25). The van der Waals surface area contributed by atoms with Gasteiger partial charge in [-0.1, -0.05) is 0 Å². The van der Waals surface area contributed by atoms with Gasteiger partial charge in [0.1, 0.15) is 12.2 Å². The van der Waals surface area contributed by atoms with Crippen LogP contribution < -0.4 is 5.69 Å². The van der Waals surface area contributed by atoms with Crippen molar-refractivity contribution >= 4 is 16.9 Å². The average Bonchev–Trinajstić information content (AvgIpc) is 3.22. The molecule has 1 saturated carbocycles. The summed E-state index contributed by atoms with van der Waals surface area (Å²) in [5, 5.41) is 4.13. The Bertz CT molecular complexity index is 1030. The van der Waals surface area contributed by atoms with Gasteiger partial charge in [-0.3, -0.25) is 9.36 Å². The Morgan fingerprint density at radius 2 is 2.16 bits per heavy atom. The molecule has 0 radical (unpaired) electrons. The molecular formula is C17H18N6O2. The smallest absolute Gasteiger partial charge is 0.326 e. The first kappa shape index (κ1) is 14.4. The molecule has 128 valence electrons. The van der Waals surface area contributed by atoms with E-state index >= 15 is 0 Å². The van der Waals surface area contributed by atoms with E-state index < -0.39 is 0 Å². The molecule has 8 nitrogen and oxygen atoms in total. The molecule has 1 N–H and O–H groups in total. The van der Waals surface area contributed by atoms with Crippen molar-refractivity contribution in [2.45, 2.75) is 32.5 Å². The number of aromatic amines is 1. The monoisotopic (exact) mass is 338 g/mol. The Balaban J connectivity index is 1.45. The molecular weight excluding hydrogens is 320 g/mol. The molecule has 1 amide bonds. The number of amides is 1. The van der Waals surface area contributed by atoms with Crippen molar-refractivity contribution in [1.82, 2.24) is 29.2 Å². The first-order valence-corrected chi connectivity index (χ1v) is 8.57. The highest BCUT2D eigenvalue weighted by Gasteiger charge is 2.25. The SMILES string of the molecule is O=C(c1ccc2c(c1)[nH]c(=O)n2CC1CC1)N1CCn2ncnc2C1. The van der Waals surface area contributed by atoms with Crippen molar-refractivity contribution < 1.29 is 4.79 Å². The number of carbonyl (C=O) groups is 1. The number of H-pyrrole nitrogens is 1. The van der Waals surface area contributed by atoms with Gasteiger partial charge in [-0.05, 0) is 37.0 Å². The highest BCUT2D eigenvalue weighted by atomic mass is 16.2. The van der Waals surface area contributed by atoms with Gasteiger partial charge in [0, 0.05) is 18.7 Å². The maximum Gasteiger partial charge on any atom is 0.326 e. The minimum absolute atomic E-state index is 0.0491. The van der Waals surface area contributed by atoms with E-state index in [1.807, 2.05) is 10.7 Å². The van der Waals surface area contributed by atoms with Crippen LogP contribution in [0.1, 0.15) is 29.0 Å². The third kappa shape index (κ3) is 2.45. The molecule has 25 heavy (non-hydrogen) atoms. The fourth-order valence-corrected chi connectivity index (χ4v) is 3.45. The Hall–Kier alpha value is -2.90. The second-order valence-electron chi connectivity index (χ2n) is 6.84. The fourth-order valence-electron chi connectivity index (χ4n) is 3.45.